The van der Waals surface area contributed by atoms with E-state index in [9.17, 15) is 4.79 Å². The molecule has 0 aliphatic rings. The molecule has 0 aliphatic heterocycles. The first-order valence-electron chi connectivity index (χ1n) is 5.13. The highest BCUT2D eigenvalue weighted by atomic mass is 16.5. The summed E-state index contributed by atoms with van der Waals surface area (Å²) in [6, 6.07) is 4.76. The number of nitrogen functional groups attached to an aromatic ring is 1. The van der Waals surface area contributed by atoms with E-state index in [1.54, 1.807) is 18.2 Å². The van der Waals surface area contributed by atoms with Crippen LogP contribution in [0.2, 0.25) is 0 Å². The van der Waals surface area contributed by atoms with Crippen molar-refractivity contribution in [3.8, 4) is 22.8 Å². The van der Waals surface area contributed by atoms with Crippen LogP contribution in [0.1, 0.15) is 10.4 Å². The third kappa shape index (κ3) is 2.00. The van der Waals surface area contributed by atoms with Crippen LogP contribution in [0.4, 0.5) is 5.88 Å². The molecule has 0 saturated carbocycles. The molecule has 94 valence electrons. The summed E-state index contributed by atoms with van der Waals surface area (Å²) in [4.78, 5) is 10.9. The van der Waals surface area contributed by atoms with Gasteiger partial charge in [-0.15, -0.1) is 0 Å². The molecular weight excluding hydrogens is 236 g/mol. The molecule has 0 saturated heterocycles. The van der Waals surface area contributed by atoms with E-state index in [4.69, 9.17) is 19.7 Å². The van der Waals surface area contributed by atoms with Gasteiger partial charge in [0.15, 0.2) is 11.5 Å². The first-order chi connectivity index (χ1) is 8.69. The van der Waals surface area contributed by atoms with E-state index in [2.05, 4.69) is 5.16 Å². The maximum atomic E-state index is 10.9. The molecule has 2 rings (SSSR count). The molecule has 1 heterocycles. The Morgan fingerprint density at radius 1 is 1.28 bits per heavy atom. The van der Waals surface area contributed by atoms with E-state index >= 15 is 0 Å². The molecule has 0 unspecified atom stereocenters. The number of carbonyl (C=O) groups excluding carboxylic acids is 1. The summed E-state index contributed by atoms with van der Waals surface area (Å²) in [6.07, 6.45) is 0.717. The Balaban J connectivity index is 2.66. The second-order valence-electron chi connectivity index (χ2n) is 3.54. The number of ether oxygens (including phenoxy) is 2. The first-order valence-corrected chi connectivity index (χ1v) is 5.13. The maximum absolute atomic E-state index is 10.9. The summed E-state index contributed by atoms with van der Waals surface area (Å²) in [5.74, 6) is 1.09. The lowest BCUT2D eigenvalue weighted by atomic mass is 10.1. The maximum Gasteiger partial charge on any atom is 0.222 e. The van der Waals surface area contributed by atoms with Crippen molar-refractivity contribution in [1.29, 1.82) is 0 Å². The highest BCUT2D eigenvalue weighted by Gasteiger charge is 2.16. The Morgan fingerprint density at radius 3 is 2.56 bits per heavy atom. The van der Waals surface area contributed by atoms with Crippen molar-refractivity contribution in [3.63, 3.8) is 0 Å². The summed E-state index contributed by atoms with van der Waals surface area (Å²) in [6.45, 7) is 0. The fourth-order valence-corrected chi connectivity index (χ4v) is 1.66. The summed E-state index contributed by atoms with van der Waals surface area (Å²) in [5, 5.41) is 3.79. The molecule has 2 aromatic rings. The van der Waals surface area contributed by atoms with E-state index in [-0.39, 0.29) is 5.88 Å². The highest BCUT2D eigenvalue weighted by Crippen LogP contribution is 2.38. The predicted octanol–water partition coefficient (Wildman–Crippen LogP) is 1.75. The number of rotatable bonds is 4. The molecule has 0 amide bonds. The van der Waals surface area contributed by atoms with Crippen molar-refractivity contribution in [2.24, 2.45) is 0 Å². The zero-order chi connectivity index (χ0) is 13.1. The third-order valence-corrected chi connectivity index (χ3v) is 2.44. The fraction of sp³-hybridized carbons (Fsp3) is 0.167. The summed E-state index contributed by atoms with van der Waals surface area (Å²) in [5.41, 5.74) is 6.99. The largest absolute Gasteiger partial charge is 0.493 e. The number of hydrogen-bond donors (Lipinski definition) is 1. The molecule has 1 aromatic heterocycles. The van der Waals surface area contributed by atoms with E-state index in [1.807, 2.05) is 0 Å². The minimum absolute atomic E-state index is 0.183. The van der Waals surface area contributed by atoms with Crippen LogP contribution in [0.15, 0.2) is 22.7 Å². The second-order valence-corrected chi connectivity index (χ2v) is 3.54. The second kappa shape index (κ2) is 4.79. The first kappa shape index (κ1) is 12.0. The Hall–Kier alpha value is -2.50. The van der Waals surface area contributed by atoms with Crippen LogP contribution < -0.4 is 15.2 Å². The van der Waals surface area contributed by atoms with Crippen molar-refractivity contribution in [2.45, 2.75) is 0 Å². The van der Waals surface area contributed by atoms with Crippen molar-refractivity contribution in [3.05, 3.63) is 23.8 Å². The molecule has 0 spiro atoms. The van der Waals surface area contributed by atoms with Gasteiger partial charge >= 0.3 is 0 Å². The molecule has 0 atom stereocenters. The normalized spacial score (nSPS) is 10.1. The fourth-order valence-electron chi connectivity index (χ4n) is 1.66. The van der Waals surface area contributed by atoms with Gasteiger partial charge in [-0.2, -0.15) is 0 Å². The molecular formula is C12H12N2O4. The molecule has 0 bridgehead atoms. The number of hydrogen-bond acceptors (Lipinski definition) is 6. The Labute approximate surface area is 103 Å². The minimum atomic E-state index is 0.183. The van der Waals surface area contributed by atoms with Crippen LogP contribution in [0, 0.1) is 0 Å². The molecule has 0 fully saturated rings. The minimum Gasteiger partial charge on any atom is -0.493 e. The lowest BCUT2D eigenvalue weighted by Gasteiger charge is -2.11. The van der Waals surface area contributed by atoms with Gasteiger partial charge < -0.3 is 19.7 Å². The zero-order valence-electron chi connectivity index (χ0n) is 9.97. The van der Waals surface area contributed by atoms with Crippen LogP contribution in [0.5, 0.6) is 11.5 Å². The summed E-state index contributed by atoms with van der Waals surface area (Å²) >= 11 is 0. The van der Waals surface area contributed by atoms with Crippen molar-refractivity contribution < 1.29 is 18.8 Å². The van der Waals surface area contributed by atoms with Crippen LogP contribution in [0.3, 0.4) is 0 Å². The van der Waals surface area contributed by atoms with Crippen LogP contribution in [-0.4, -0.2) is 25.7 Å². The van der Waals surface area contributed by atoms with Gasteiger partial charge in [0.25, 0.3) is 0 Å². The average Bonchev–Trinajstić information content (AvgIpc) is 2.83. The predicted molar refractivity (Wildman–Crippen MR) is 64.8 cm³/mol. The lowest BCUT2D eigenvalue weighted by molar-refractivity contribution is 0.112. The van der Waals surface area contributed by atoms with Crippen LogP contribution in [-0.2, 0) is 0 Å². The Bertz CT molecular complexity index is 577. The van der Waals surface area contributed by atoms with Gasteiger partial charge in [-0.1, -0.05) is 5.16 Å². The SMILES string of the molecule is COc1cc(C=O)cc(-c2cc(N)on2)c1OC. The number of benzene rings is 1. The molecule has 1 aromatic carbocycles. The summed E-state index contributed by atoms with van der Waals surface area (Å²) < 4.78 is 15.2. The van der Waals surface area contributed by atoms with Crippen molar-refractivity contribution >= 4 is 12.2 Å². The van der Waals surface area contributed by atoms with E-state index < -0.39 is 0 Å². The van der Waals surface area contributed by atoms with Gasteiger partial charge in [-0.25, -0.2) is 0 Å². The van der Waals surface area contributed by atoms with E-state index in [1.165, 1.54) is 14.2 Å². The highest BCUT2D eigenvalue weighted by molar-refractivity contribution is 5.83. The average molecular weight is 248 g/mol. The number of aldehydes is 1. The van der Waals surface area contributed by atoms with Crippen LogP contribution in [0.25, 0.3) is 11.3 Å². The van der Waals surface area contributed by atoms with Gasteiger partial charge in [-0.05, 0) is 12.1 Å². The molecule has 0 aliphatic carbocycles. The summed E-state index contributed by atoms with van der Waals surface area (Å²) in [7, 11) is 3.00. The Morgan fingerprint density at radius 2 is 2.06 bits per heavy atom. The quantitative estimate of drug-likeness (QED) is 0.829. The lowest BCUT2D eigenvalue weighted by Crippen LogP contribution is -1.96. The molecule has 0 radical (unpaired) electrons. The van der Waals surface area contributed by atoms with Gasteiger partial charge in [0.2, 0.25) is 5.88 Å². The Kier molecular flexibility index (Phi) is 3.18. The molecule has 18 heavy (non-hydrogen) atoms. The number of aromatic nitrogens is 1. The topological polar surface area (TPSA) is 87.6 Å². The monoisotopic (exact) mass is 248 g/mol. The number of anilines is 1. The number of nitrogens with zero attached hydrogens (tertiary/aromatic N) is 1. The van der Waals surface area contributed by atoms with Gasteiger partial charge in [-0.3, -0.25) is 4.79 Å². The van der Waals surface area contributed by atoms with Crippen molar-refractivity contribution in [1.82, 2.24) is 5.16 Å². The third-order valence-electron chi connectivity index (χ3n) is 2.44. The number of nitrogens with two attached hydrogens (primary N) is 1. The number of carbonyl (C=O) groups is 1. The number of methoxy groups -OCH3 is 2. The standard InChI is InChI=1S/C12H12N2O4/c1-16-10-4-7(6-15)3-8(12(10)17-2)9-5-11(13)18-14-9/h3-6H,13H2,1-2H3. The smallest absolute Gasteiger partial charge is 0.222 e. The molecule has 6 nitrogen and oxygen atoms in total. The van der Waals surface area contributed by atoms with Gasteiger partial charge in [0.1, 0.15) is 12.0 Å². The molecule has 6 heteroatoms. The van der Waals surface area contributed by atoms with E-state index in [0.29, 0.717) is 28.3 Å². The van der Waals surface area contributed by atoms with Gasteiger partial charge in [0.05, 0.1) is 19.8 Å². The van der Waals surface area contributed by atoms with Crippen molar-refractivity contribution in [2.75, 3.05) is 20.0 Å². The van der Waals surface area contributed by atoms with E-state index in [0.717, 1.165) is 6.29 Å². The van der Waals surface area contributed by atoms with Gasteiger partial charge in [0, 0.05) is 11.6 Å². The van der Waals surface area contributed by atoms with Crippen LogP contribution >= 0.6 is 0 Å². The molecule has 2 N–H and O–H groups in total. The zero-order valence-corrected chi connectivity index (χ0v) is 9.97.